The Kier molecular flexibility index (Phi) is 7.05. The van der Waals surface area contributed by atoms with Crippen LogP contribution in [0.1, 0.15) is 35.6 Å². The van der Waals surface area contributed by atoms with Gasteiger partial charge in [-0.1, -0.05) is 54.1 Å². The summed E-state index contributed by atoms with van der Waals surface area (Å²) in [6.07, 6.45) is -0.955. The molecule has 0 N–H and O–H groups in total. The van der Waals surface area contributed by atoms with Gasteiger partial charge in [0.15, 0.2) is 15.5 Å². The molecule has 5 aromatic rings. The van der Waals surface area contributed by atoms with Gasteiger partial charge in [-0.3, -0.25) is 0 Å². The van der Waals surface area contributed by atoms with Crippen LogP contribution in [0.25, 0.3) is 22.5 Å². The van der Waals surface area contributed by atoms with Crippen molar-refractivity contribution in [2.75, 3.05) is 6.26 Å². The molecule has 40 heavy (non-hydrogen) atoms. The molecule has 1 unspecified atom stereocenters. The van der Waals surface area contributed by atoms with Crippen LogP contribution in [0.4, 0.5) is 13.2 Å². The van der Waals surface area contributed by atoms with E-state index in [9.17, 15) is 21.6 Å². The number of rotatable bonds is 6. The molecule has 0 aliphatic heterocycles. The molecule has 0 amide bonds. The molecule has 206 valence electrons. The number of aryl methyl sites for hydroxylation is 1. The van der Waals surface area contributed by atoms with Gasteiger partial charge in [0.2, 0.25) is 0 Å². The highest BCUT2D eigenvalue weighted by molar-refractivity contribution is 7.90. The molecular formula is C28H23ClF3N5O2S. The maximum Gasteiger partial charge on any atom is 0.434 e. The van der Waals surface area contributed by atoms with E-state index in [-0.39, 0.29) is 16.6 Å². The zero-order chi connectivity index (χ0) is 28.8. The van der Waals surface area contributed by atoms with E-state index in [0.29, 0.717) is 33.2 Å². The van der Waals surface area contributed by atoms with Gasteiger partial charge in [-0.05, 0) is 60.0 Å². The van der Waals surface area contributed by atoms with E-state index < -0.39 is 21.7 Å². The van der Waals surface area contributed by atoms with Gasteiger partial charge in [-0.15, -0.1) is 5.10 Å². The van der Waals surface area contributed by atoms with Crippen LogP contribution in [0.5, 0.6) is 0 Å². The Hall–Kier alpha value is -3.96. The van der Waals surface area contributed by atoms with Crippen molar-refractivity contribution in [3.8, 4) is 22.5 Å². The third-order valence-electron chi connectivity index (χ3n) is 6.62. The number of nitrogens with zero attached hydrogens (tertiary/aromatic N) is 5. The number of aromatic nitrogens is 5. The maximum absolute atomic E-state index is 13.5. The van der Waals surface area contributed by atoms with Gasteiger partial charge in [0.1, 0.15) is 5.82 Å². The first-order valence-corrected chi connectivity index (χ1v) is 14.3. The Morgan fingerprint density at radius 1 is 0.950 bits per heavy atom. The minimum Gasteiger partial charge on any atom is -0.301 e. The van der Waals surface area contributed by atoms with E-state index >= 15 is 0 Å². The Morgan fingerprint density at radius 3 is 2.30 bits per heavy atom. The van der Waals surface area contributed by atoms with Crippen LogP contribution < -0.4 is 0 Å². The van der Waals surface area contributed by atoms with Crippen molar-refractivity contribution in [3.05, 3.63) is 107 Å². The summed E-state index contributed by atoms with van der Waals surface area (Å²) < 4.78 is 67.8. The molecule has 0 fully saturated rings. The summed E-state index contributed by atoms with van der Waals surface area (Å²) in [6, 6.07) is 18.9. The average molecular weight is 586 g/mol. The van der Waals surface area contributed by atoms with Gasteiger partial charge in [0, 0.05) is 23.4 Å². The summed E-state index contributed by atoms with van der Waals surface area (Å²) in [4.78, 5) is 3.87. The average Bonchev–Trinajstić information content (AvgIpc) is 3.55. The predicted molar refractivity (Wildman–Crippen MR) is 146 cm³/mol. The zero-order valence-corrected chi connectivity index (χ0v) is 23.1. The molecule has 2 aromatic heterocycles. The monoisotopic (exact) mass is 585 g/mol. The van der Waals surface area contributed by atoms with Crippen LogP contribution >= 0.6 is 11.6 Å². The smallest absolute Gasteiger partial charge is 0.301 e. The van der Waals surface area contributed by atoms with E-state index in [0.717, 1.165) is 18.0 Å². The van der Waals surface area contributed by atoms with Crippen LogP contribution in [-0.2, 0) is 16.0 Å². The first-order valence-electron chi connectivity index (χ1n) is 12.1. The minimum absolute atomic E-state index is 0.132. The predicted octanol–water partition coefficient (Wildman–Crippen LogP) is 6.66. The first-order chi connectivity index (χ1) is 18.8. The minimum atomic E-state index is -4.62. The van der Waals surface area contributed by atoms with Gasteiger partial charge in [0.25, 0.3) is 0 Å². The lowest BCUT2D eigenvalue weighted by Crippen LogP contribution is -2.11. The number of hydrogen-bond donors (Lipinski definition) is 0. The van der Waals surface area contributed by atoms with Gasteiger partial charge in [-0.25, -0.2) is 18.1 Å². The summed E-state index contributed by atoms with van der Waals surface area (Å²) in [5.74, 6) is -0.0697. The second-order valence-electron chi connectivity index (χ2n) is 9.39. The SMILES string of the molecule is Cc1nc(C(F)(F)F)cn1-c1ccc(-c2cccc(S(C)(=O)=O)c2)cc1-n1nncc1C(C)c1ccc(Cl)cc1. The highest BCUT2D eigenvalue weighted by Gasteiger charge is 2.35. The number of imidazole rings is 1. The molecule has 0 spiro atoms. The number of halogens is 4. The van der Waals surface area contributed by atoms with Gasteiger partial charge < -0.3 is 4.57 Å². The molecule has 5 rings (SSSR count). The molecule has 1 atom stereocenters. The molecule has 0 radical (unpaired) electrons. The topological polar surface area (TPSA) is 82.7 Å². The Morgan fingerprint density at radius 2 is 1.65 bits per heavy atom. The van der Waals surface area contributed by atoms with Crippen LogP contribution in [0, 0.1) is 6.92 Å². The molecule has 0 saturated heterocycles. The lowest BCUT2D eigenvalue weighted by atomic mass is 9.98. The fraction of sp³-hybridized carbons (Fsp3) is 0.179. The van der Waals surface area contributed by atoms with E-state index in [4.69, 9.17) is 11.6 Å². The highest BCUT2D eigenvalue weighted by Crippen LogP contribution is 2.34. The largest absolute Gasteiger partial charge is 0.434 e. The Balaban J connectivity index is 1.72. The quantitative estimate of drug-likeness (QED) is 0.223. The number of benzene rings is 3. The Bertz CT molecular complexity index is 1810. The summed E-state index contributed by atoms with van der Waals surface area (Å²) in [5, 5.41) is 9.01. The first kappa shape index (κ1) is 27.6. The van der Waals surface area contributed by atoms with Gasteiger partial charge in [-0.2, -0.15) is 13.2 Å². The summed E-state index contributed by atoms with van der Waals surface area (Å²) >= 11 is 6.06. The Labute approximate surface area is 233 Å². The third kappa shape index (κ3) is 5.39. The molecule has 12 heteroatoms. The van der Waals surface area contributed by atoms with Crippen molar-refractivity contribution in [1.82, 2.24) is 24.5 Å². The number of sulfone groups is 1. The lowest BCUT2D eigenvalue weighted by molar-refractivity contribution is -0.141. The zero-order valence-electron chi connectivity index (χ0n) is 21.6. The van der Waals surface area contributed by atoms with E-state index in [1.165, 1.54) is 17.6 Å². The summed E-state index contributed by atoms with van der Waals surface area (Å²) in [7, 11) is -3.46. The van der Waals surface area contributed by atoms with Gasteiger partial charge >= 0.3 is 6.18 Å². The molecule has 0 aliphatic rings. The van der Waals surface area contributed by atoms with Crippen molar-refractivity contribution >= 4 is 21.4 Å². The third-order valence-corrected chi connectivity index (χ3v) is 7.98. The molecule has 0 aliphatic carbocycles. The normalized spacial score (nSPS) is 13.0. The number of alkyl halides is 3. The van der Waals surface area contributed by atoms with Crippen molar-refractivity contribution in [2.24, 2.45) is 0 Å². The molecule has 2 heterocycles. The molecule has 0 saturated carbocycles. The van der Waals surface area contributed by atoms with E-state index in [1.54, 1.807) is 59.4 Å². The molecule has 0 bridgehead atoms. The van der Waals surface area contributed by atoms with Crippen molar-refractivity contribution < 1.29 is 21.6 Å². The van der Waals surface area contributed by atoms with Crippen LogP contribution in [0.3, 0.4) is 0 Å². The van der Waals surface area contributed by atoms with Gasteiger partial charge in [0.05, 0.1) is 28.2 Å². The second kappa shape index (κ2) is 10.2. The lowest BCUT2D eigenvalue weighted by Gasteiger charge is -2.18. The fourth-order valence-corrected chi connectivity index (χ4v) is 5.28. The van der Waals surface area contributed by atoms with Crippen LogP contribution in [0.15, 0.2) is 84.0 Å². The van der Waals surface area contributed by atoms with E-state index in [2.05, 4.69) is 15.3 Å². The van der Waals surface area contributed by atoms with E-state index in [1.807, 2.05) is 19.1 Å². The highest BCUT2D eigenvalue weighted by atomic mass is 35.5. The van der Waals surface area contributed by atoms with Crippen molar-refractivity contribution in [3.63, 3.8) is 0 Å². The van der Waals surface area contributed by atoms with Crippen molar-refractivity contribution in [2.45, 2.75) is 30.8 Å². The standard InChI is InChI=1S/C28H23ClF3N5O2S/c1-17(19-7-10-22(29)11-8-19)26-15-33-35-37(26)25-14-21(20-5-4-6-23(13-20)40(3,38)39)9-12-24(25)36-16-27(28(30,31)32)34-18(36)2/h4-17H,1-3H3. The number of hydrogen-bond acceptors (Lipinski definition) is 5. The van der Waals surface area contributed by atoms with Crippen LogP contribution in [0.2, 0.25) is 5.02 Å². The fourth-order valence-electron chi connectivity index (χ4n) is 4.48. The van der Waals surface area contributed by atoms with Crippen LogP contribution in [-0.4, -0.2) is 39.2 Å². The molecular weight excluding hydrogens is 563 g/mol. The summed E-state index contributed by atoms with van der Waals surface area (Å²) in [6.45, 7) is 3.45. The van der Waals surface area contributed by atoms with Crippen molar-refractivity contribution in [1.29, 1.82) is 0 Å². The molecule has 3 aromatic carbocycles. The second-order valence-corrected chi connectivity index (χ2v) is 11.8. The maximum atomic E-state index is 13.5. The molecule has 7 nitrogen and oxygen atoms in total. The summed E-state index contributed by atoms with van der Waals surface area (Å²) in [5.41, 5.74) is 2.67.